The molecule has 184 valence electrons. The number of carboxylic acid groups (broad SMARTS) is 1. The fraction of sp³-hybridized carbons (Fsp3) is 0. The minimum absolute atomic E-state index is 0. The second-order valence-corrected chi connectivity index (χ2v) is 4.07. The Labute approximate surface area is 201 Å². The van der Waals surface area contributed by atoms with Gasteiger partial charge in [-0.1, -0.05) is 0 Å². The molecule has 0 aromatic carbocycles. The number of hydrogen-bond acceptors (Lipinski definition) is 4. The molecule has 0 spiro atoms. The van der Waals surface area contributed by atoms with E-state index >= 15 is 0 Å². The van der Waals surface area contributed by atoms with Crippen molar-refractivity contribution >= 4 is 21.6 Å². The summed E-state index contributed by atoms with van der Waals surface area (Å²) < 4.78 is 22.2. The molecule has 22 nitrogen and oxygen atoms in total. The van der Waals surface area contributed by atoms with Crippen molar-refractivity contribution < 1.29 is 173 Å². The molecule has 0 aliphatic rings. The van der Waals surface area contributed by atoms with Crippen molar-refractivity contribution in [2.45, 2.75) is 0 Å². The van der Waals surface area contributed by atoms with Crippen LogP contribution < -0.4 is 59.1 Å². The number of carbonyl (C=O) groups is 1. The molecule has 26 heteroatoms. The van der Waals surface area contributed by atoms with Crippen LogP contribution >= 0.6 is 15.6 Å². The van der Waals surface area contributed by atoms with Crippen molar-refractivity contribution in [3.05, 3.63) is 6.92 Å². The van der Waals surface area contributed by atoms with Crippen LogP contribution in [-0.2, 0) is 18.2 Å². The maximum atomic E-state index is 9.63. The van der Waals surface area contributed by atoms with E-state index in [2.05, 4.69) is 11.2 Å². The topological polar surface area (TPSA) is 571 Å². The minimum Gasteiger partial charge on any atom is -0.503 e. The first-order valence-electron chi connectivity index (χ1n) is 2.31. The van der Waals surface area contributed by atoms with Gasteiger partial charge in [-0.2, -0.15) is 4.31 Å². The third-order valence-corrected chi connectivity index (χ3v) is 1.91. The average molecular weight is 517 g/mol. The van der Waals surface area contributed by atoms with E-state index < -0.39 is 21.6 Å². The van der Waals surface area contributed by atoms with Crippen molar-refractivity contribution in [2.75, 3.05) is 0 Å². The summed E-state index contributed by atoms with van der Waals surface area (Å²) in [6.45, 7) is 2.56. The zero-order valence-electron chi connectivity index (χ0n) is 14.5. The van der Waals surface area contributed by atoms with Crippen LogP contribution in [0.4, 0.5) is 0 Å². The van der Waals surface area contributed by atoms with Gasteiger partial charge in [-0.25, -0.2) is 9.13 Å². The van der Waals surface area contributed by atoms with Gasteiger partial charge in [0.15, 0.2) is 5.97 Å². The third kappa shape index (κ3) is 367. The minimum atomic E-state index is -5.05. The van der Waals surface area contributed by atoms with Crippen LogP contribution in [-0.4, -0.2) is 102 Å². The average Bonchev–Trinajstić information content (AvgIpc) is 1.47. The monoisotopic (exact) mass is 517 g/mol. The molecular formula is C2H33Na2O22P2+. The van der Waals surface area contributed by atoms with Gasteiger partial charge in [0.05, 0.1) is 0 Å². The van der Waals surface area contributed by atoms with Crippen LogP contribution in [0.5, 0.6) is 0 Å². The molecule has 0 saturated carbocycles. The summed E-state index contributed by atoms with van der Waals surface area (Å²) in [5.74, 6) is -1.08. The van der Waals surface area contributed by atoms with Gasteiger partial charge in [-0.15, -0.1) is 0 Å². The Balaban J connectivity index is -0.00000000400. The van der Waals surface area contributed by atoms with Crippen LogP contribution in [0.25, 0.3) is 0 Å². The van der Waals surface area contributed by atoms with Crippen molar-refractivity contribution in [3.63, 3.8) is 0 Å². The van der Waals surface area contributed by atoms with Crippen molar-refractivity contribution in [1.82, 2.24) is 0 Å². The van der Waals surface area contributed by atoms with E-state index in [4.69, 9.17) is 29.5 Å². The Hall–Kier alpha value is 1.08. The van der Waals surface area contributed by atoms with Crippen molar-refractivity contribution in [1.29, 1.82) is 0 Å². The molecular weight excluding hydrogens is 484 g/mol. The molecule has 0 atom stereocenters. The molecule has 0 aliphatic carbocycles. The van der Waals surface area contributed by atoms with E-state index in [1.807, 2.05) is 0 Å². The SMILES string of the molecule is O.O.O.O.O.O.O.O.O.O.O.O.O.O=P(O)(O)OP(=O)(O)O.[CH2-]C(=O)O.[Na+].[Na+]. The summed E-state index contributed by atoms with van der Waals surface area (Å²) >= 11 is 0. The maximum absolute atomic E-state index is 9.63. The number of rotatable bonds is 2. The molecule has 0 saturated heterocycles. The van der Waals surface area contributed by atoms with Gasteiger partial charge in [0.2, 0.25) is 0 Å². The second-order valence-electron chi connectivity index (χ2n) is 1.46. The summed E-state index contributed by atoms with van der Waals surface area (Å²) in [5.41, 5.74) is 0. The number of phosphoric acid groups is 2. The summed E-state index contributed by atoms with van der Waals surface area (Å²) in [5, 5.41) is 7.31. The number of aliphatic carboxylic acids is 1. The van der Waals surface area contributed by atoms with E-state index in [1.165, 1.54) is 0 Å². The normalized spacial score (nSPS) is 5.29. The molecule has 0 aromatic heterocycles. The van der Waals surface area contributed by atoms with Gasteiger partial charge >= 0.3 is 74.8 Å². The van der Waals surface area contributed by atoms with E-state index in [0.29, 0.717) is 0 Å². The molecule has 31 N–H and O–H groups in total. The van der Waals surface area contributed by atoms with Crippen LogP contribution in [0.15, 0.2) is 0 Å². The van der Waals surface area contributed by atoms with Gasteiger partial charge in [-0.05, 0) is 0 Å². The summed E-state index contributed by atoms with van der Waals surface area (Å²) in [4.78, 5) is 39.9. The summed E-state index contributed by atoms with van der Waals surface area (Å²) in [6.07, 6.45) is 0. The Kier molecular flexibility index (Phi) is 396. The van der Waals surface area contributed by atoms with E-state index in [9.17, 15) is 9.13 Å². The van der Waals surface area contributed by atoms with Gasteiger partial charge in [-0.3, -0.25) is 11.7 Å². The van der Waals surface area contributed by atoms with Crippen molar-refractivity contribution in [3.8, 4) is 0 Å². The largest absolute Gasteiger partial charge is 1.00 e. The Morgan fingerprint density at radius 2 is 0.643 bits per heavy atom. The van der Waals surface area contributed by atoms with Crippen LogP contribution in [0.2, 0.25) is 0 Å². The fourth-order valence-electron chi connectivity index (χ4n) is 0.139. The first kappa shape index (κ1) is 157. The molecule has 0 radical (unpaired) electrons. The summed E-state index contributed by atoms with van der Waals surface area (Å²) in [7, 11) is -10.1. The second kappa shape index (κ2) is 70.6. The number of hydrogen-bond donors (Lipinski definition) is 5. The van der Waals surface area contributed by atoms with Crippen molar-refractivity contribution in [2.24, 2.45) is 0 Å². The van der Waals surface area contributed by atoms with Gasteiger partial charge in [0, 0.05) is 0 Å². The Bertz CT molecular complexity index is 235. The predicted octanol–water partition coefficient (Wildman–Crippen LogP) is -17.6. The van der Waals surface area contributed by atoms with E-state index in [1.54, 1.807) is 0 Å². The van der Waals surface area contributed by atoms with Crippen LogP contribution in [0.3, 0.4) is 0 Å². The molecule has 0 aromatic rings. The molecule has 0 aliphatic heterocycles. The zero-order chi connectivity index (χ0) is 11.3. The predicted molar refractivity (Wildman–Crippen MR) is 85.1 cm³/mol. The maximum Gasteiger partial charge on any atom is 1.00 e. The standard InChI is InChI=1S/C2H3O2.2Na.H4O7P2.13H2O/c1-2(3)4;;;1-8(2,3)7-9(4,5)6;;;;;;;;;;;;;/h1H2,(H,3,4);;;(H2,1,2,3)(H2,4,5,6);13*1H2/q-1;2*+1;;;;;;;;;;;;;;. The quantitative estimate of drug-likeness (QED) is 0.132. The molecule has 0 fully saturated rings. The molecule has 0 unspecified atom stereocenters. The van der Waals surface area contributed by atoms with Gasteiger partial charge < -0.3 is 95.9 Å². The Morgan fingerprint density at radius 1 is 0.571 bits per heavy atom. The zero-order valence-corrected chi connectivity index (χ0v) is 20.3. The smallest absolute Gasteiger partial charge is 0.503 e. The third-order valence-electron chi connectivity index (χ3n) is 0.213. The Morgan fingerprint density at radius 3 is 0.643 bits per heavy atom. The molecule has 0 bridgehead atoms. The fourth-order valence-corrected chi connectivity index (χ4v) is 1.25. The van der Waals surface area contributed by atoms with Gasteiger partial charge in [0.1, 0.15) is 0 Å². The molecule has 0 amide bonds. The van der Waals surface area contributed by atoms with Gasteiger partial charge in [0.25, 0.3) is 0 Å². The number of carboxylic acids is 1. The first-order valence-corrected chi connectivity index (χ1v) is 5.37. The molecule has 0 heterocycles. The van der Waals surface area contributed by atoms with Crippen LogP contribution in [0, 0.1) is 6.92 Å². The molecule has 28 heavy (non-hydrogen) atoms. The van der Waals surface area contributed by atoms with E-state index in [0.717, 1.165) is 0 Å². The van der Waals surface area contributed by atoms with E-state index in [-0.39, 0.29) is 130 Å². The molecule has 0 rings (SSSR count). The van der Waals surface area contributed by atoms with Crippen LogP contribution in [0.1, 0.15) is 0 Å². The first-order chi connectivity index (χ1) is 5.44. The summed E-state index contributed by atoms with van der Waals surface area (Å²) in [6, 6.07) is 0.